The maximum absolute atomic E-state index is 12.1. The smallest absolute Gasteiger partial charge is 0.229 e. The van der Waals surface area contributed by atoms with E-state index in [1.165, 1.54) is 0 Å². The SMILES string of the molecule is C[C@@H]1CNC[C@H]1C(=O)Nc1c(Br)cccc1Br. The van der Waals surface area contributed by atoms with E-state index in [-0.39, 0.29) is 11.8 Å². The Morgan fingerprint density at radius 1 is 1.35 bits per heavy atom. The van der Waals surface area contributed by atoms with Crippen molar-refractivity contribution in [3.8, 4) is 0 Å². The van der Waals surface area contributed by atoms with E-state index in [0.29, 0.717) is 5.92 Å². The van der Waals surface area contributed by atoms with Crippen LogP contribution in [0.1, 0.15) is 6.92 Å². The minimum Gasteiger partial charge on any atom is -0.324 e. The monoisotopic (exact) mass is 360 g/mol. The van der Waals surface area contributed by atoms with Gasteiger partial charge in [-0.15, -0.1) is 0 Å². The molecule has 0 aliphatic carbocycles. The Bertz CT molecular complexity index is 416. The van der Waals surface area contributed by atoms with Crippen LogP contribution in [0.15, 0.2) is 27.1 Å². The molecule has 17 heavy (non-hydrogen) atoms. The minimum atomic E-state index is 0.0500. The van der Waals surface area contributed by atoms with E-state index in [9.17, 15) is 4.79 Å². The molecule has 0 spiro atoms. The molecule has 3 nitrogen and oxygen atoms in total. The second-order valence-electron chi connectivity index (χ2n) is 4.33. The van der Waals surface area contributed by atoms with Gasteiger partial charge in [0.15, 0.2) is 0 Å². The zero-order valence-electron chi connectivity index (χ0n) is 9.47. The van der Waals surface area contributed by atoms with Crippen molar-refractivity contribution in [2.24, 2.45) is 11.8 Å². The number of anilines is 1. The van der Waals surface area contributed by atoms with Gasteiger partial charge in [0, 0.05) is 15.5 Å². The normalized spacial score (nSPS) is 23.7. The molecule has 0 unspecified atom stereocenters. The standard InChI is InChI=1S/C12H14Br2N2O/c1-7-5-15-6-8(7)12(17)16-11-9(13)3-2-4-10(11)14/h2-4,7-8,15H,5-6H2,1H3,(H,16,17)/t7-,8-/m1/s1. The van der Waals surface area contributed by atoms with Crippen molar-refractivity contribution in [1.29, 1.82) is 0 Å². The van der Waals surface area contributed by atoms with Gasteiger partial charge in [0.05, 0.1) is 11.6 Å². The van der Waals surface area contributed by atoms with Crippen LogP contribution < -0.4 is 10.6 Å². The van der Waals surface area contributed by atoms with Crippen molar-refractivity contribution in [3.63, 3.8) is 0 Å². The van der Waals surface area contributed by atoms with Gasteiger partial charge in [-0.1, -0.05) is 13.0 Å². The zero-order chi connectivity index (χ0) is 12.4. The average molecular weight is 362 g/mol. The summed E-state index contributed by atoms with van der Waals surface area (Å²) in [4.78, 5) is 12.1. The van der Waals surface area contributed by atoms with Gasteiger partial charge in [-0.2, -0.15) is 0 Å². The lowest BCUT2D eigenvalue weighted by molar-refractivity contribution is -0.120. The second kappa shape index (κ2) is 5.50. The molecule has 92 valence electrons. The summed E-state index contributed by atoms with van der Waals surface area (Å²) in [7, 11) is 0. The van der Waals surface area contributed by atoms with Gasteiger partial charge < -0.3 is 10.6 Å². The van der Waals surface area contributed by atoms with Gasteiger partial charge in [0.1, 0.15) is 0 Å². The maximum Gasteiger partial charge on any atom is 0.229 e. The molecule has 1 amide bonds. The Morgan fingerprint density at radius 3 is 2.53 bits per heavy atom. The number of hydrogen-bond donors (Lipinski definition) is 2. The third-order valence-electron chi connectivity index (χ3n) is 3.07. The van der Waals surface area contributed by atoms with Crippen LogP contribution in [0.4, 0.5) is 5.69 Å². The highest BCUT2D eigenvalue weighted by atomic mass is 79.9. The number of halogens is 2. The van der Waals surface area contributed by atoms with Crippen LogP contribution in [0.3, 0.4) is 0 Å². The van der Waals surface area contributed by atoms with Crippen molar-refractivity contribution in [2.75, 3.05) is 18.4 Å². The molecule has 1 heterocycles. The fraction of sp³-hybridized carbons (Fsp3) is 0.417. The lowest BCUT2D eigenvalue weighted by Crippen LogP contribution is -2.28. The lowest BCUT2D eigenvalue weighted by atomic mass is 9.97. The van der Waals surface area contributed by atoms with Gasteiger partial charge in [0.2, 0.25) is 5.91 Å². The van der Waals surface area contributed by atoms with Crippen LogP contribution in [0.5, 0.6) is 0 Å². The first kappa shape index (κ1) is 13.1. The number of para-hydroxylation sites is 1. The predicted molar refractivity (Wildman–Crippen MR) is 76.0 cm³/mol. The molecule has 1 aromatic rings. The molecule has 2 atom stereocenters. The molecule has 1 aliphatic heterocycles. The van der Waals surface area contributed by atoms with Crippen LogP contribution in [-0.4, -0.2) is 19.0 Å². The summed E-state index contributed by atoms with van der Waals surface area (Å²) in [5.74, 6) is 0.514. The summed E-state index contributed by atoms with van der Waals surface area (Å²) in [5.41, 5.74) is 0.802. The molecule has 0 aromatic heterocycles. The molecule has 2 N–H and O–H groups in total. The fourth-order valence-corrected chi connectivity index (χ4v) is 3.19. The quantitative estimate of drug-likeness (QED) is 0.850. The van der Waals surface area contributed by atoms with E-state index in [2.05, 4.69) is 49.4 Å². The molecule has 0 saturated carbocycles. The second-order valence-corrected chi connectivity index (χ2v) is 6.04. The predicted octanol–water partition coefficient (Wildman–Crippen LogP) is 3.01. The Balaban J connectivity index is 2.13. The van der Waals surface area contributed by atoms with E-state index < -0.39 is 0 Å². The molecule has 1 aromatic carbocycles. The van der Waals surface area contributed by atoms with E-state index in [1.807, 2.05) is 18.2 Å². The number of rotatable bonds is 2. The molecule has 2 rings (SSSR count). The number of hydrogen-bond acceptors (Lipinski definition) is 2. The number of carbonyl (C=O) groups excluding carboxylic acids is 1. The van der Waals surface area contributed by atoms with Crippen LogP contribution in [0.25, 0.3) is 0 Å². The van der Waals surface area contributed by atoms with E-state index in [1.54, 1.807) is 0 Å². The highest BCUT2D eigenvalue weighted by molar-refractivity contribution is 9.11. The molecule has 1 saturated heterocycles. The fourth-order valence-electron chi connectivity index (χ4n) is 1.99. The topological polar surface area (TPSA) is 41.1 Å². The highest BCUT2D eigenvalue weighted by Crippen LogP contribution is 2.31. The van der Waals surface area contributed by atoms with Gasteiger partial charge in [-0.05, 0) is 56.5 Å². The molecule has 5 heteroatoms. The average Bonchev–Trinajstić information content (AvgIpc) is 2.70. The van der Waals surface area contributed by atoms with E-state index in [0.717, 1.165) is 27.7 Å². The third kappa shape index (κ3) is 2.89. The Morgan fingerprint density at radius 2 is 2.00 bits per heavy atom. The Labute approximate surface area is 118 Å². The number of benzene rings is 1. The summed E-state index contributed by atoms with van der Waals surface area (Å²) in [6.07, 6.45) is 0. The number of amides is 1. The Hall–Kier alpha value is -0.390. The van der Waals surface area contributed by atoms with Crippen LogP contribution in [-0.2, 0) is 4.79 Å². The van der Waals surface area contributed by atoms with Crippen LogP contribution >= 0.6 is 31.9 Å². The first-order chi connectivity index (χ1) is 8.09. The van der Waals surface area contributed by atoms with Crippen LogP contribution in [0.2, 0.25) is 0 Å². The number of carbonyl (C=O) groups is 1. The van der Waals surface area contributed by atoms with Gasteiger partial charge in [-0.3, -0.25) is 4.79 Å². The summed E-state index contributed by atoms with van der Waals surface area (Å²) in [6.45, 7) is 3.77. The highest BCUT2D eigenvalue weighted by Gasteiger charge is 2.30. The molecular weight excluding hydrogens is 348 g/mol. The molecule has 1 fully saturated rings. The van der Waals surface area contributed by atoms with Gasteiger partial charge >= 0.3 is 0 Å². The first-order valence-corrected chi connectivity index (χ1v) is 7.14. The van der Waals surface area contributed by atoms with Gasteiger partial charge in [0.25, 0.3) is 0 Å². The molecular formula is C12H14Br2N2O. The van der Waals surface area contributed by atoms with Crippen molar-refractivity contribution >= 4 is 43.5 Å². The van der Waals surface area contributed by atoms with E-state index in [4.69, 9.17) is 0 Å². The first-order valence-electron chi connectivity index (χ1n) is 5.55. The summed E-state index contributed by atoms with van der Waals surface area (Å²) >= 11 is 6.88. The maximum atomic E-state index is 12.1. The summed E-state index contributed by atoms with van der Waals surface area (Å²) < 4.78 is 1.78. The largest absolute Gasteiger partial charge is 0.324 e. The van der Waals surface area contributed by atoms with Crippen molar-refractivity contribution in [3.05, 3.63) is 27.1 Å². The minimum absolute atomic E-state index is 0.0500. The van der Waals surface area contributed by atoms with Crippen molar-refractivity contribution in [2.45, 2.75) is 6.92 Å². The van der Waals surface area contributed by atoms with Crippen molar-refractivity contribution in [1.82, 2.24) is 5.32 Å². The molecule has 0 bridgehead atoms. The Kier molecular flexibility index (Phi) is 4.22. The van der Waals surface area contributed by atoms with Crippen LogP contribution in [0, 0.1) is 11.8 Å². The lowest BCUT2D eigenvalue weighted by Gasteiger charge is -2.16. The van der Waals surface area contributed by atoms with Crippen molar-refractivity contribution < 1.29 is 4.79 Å². The zero-order valence-corrected chi connectivity index (χ0v) is 12.6. The third-order valence-corrected chi connectivity index (χ3v) is 4.39. The summed E-state index contributed by atoms with van der Waals surface area (Å²) in [5, 5.41) is 6.21. The van der Waals surface area contributed by atoms with E-state index >= 15 is 0 Å². The number of nitrogens with one attached hydrogen (secondary N) is 2. The summed E-state index contributed by atoms with van der Waals surface area (Å²) in [6, 6.07) is 5.75. The molecule has 0 radical (unpaired) electrons. The molecule has 1 aliphatic rings. The van der Waals surface area contributed by atoms with Gasteiger partial charge in [-0.25, -0.2) is 0 Å².